The quantitative estimate of drug-likeness (QED) is 0.148. The van der Waals surface area contributed by atoms with Crippen LogP contribution in [0, 0.1) is 27.7 Å². The number of rotatable bonds is 7. The molecule has 0 radical (unpaired) electrons. The molecule has 0 spiro atoms. The Kier molecular flexibility index (Phi) is 15.6. The van der Waals surface area contributed by atoms with Crippen molar-refractivity contribution < 1.29 is 11.9 Å². The molecule has 6 nitrogen and oxygen atoms in total. The van der Waals surface area contributed by atoms with Gasteiger partial charge in [-0.2, -0.15) is 0 Å². The van der Waals surface area contributed by atoms with Gasteiger partial charge in [0.2, 0.25) is 11.4 Å². The van der Waals surface area contributed by atoms with Gasteiger partial charge >= 0.3 is 0 Å². The summed E-state index contributed by atoms with van der Waals surface area (Å²) in [6.45, 7) is 16.8. The molecule has 2 aliphatic rings. The highest BCUT2D eigenvalue weighted by Crippen LogP contribution is 2.43. The zero-order chi connectivity index (χ0) is 50.8. The van der Waals surface area contributed by atoms with E-state index in [0.29, 0.717) is 17.9 Å². The van der Waals surface area contributed by atoms with Gasteiger partial charge in [-0.05, 0) is 137 Å². The number of aryl methyl sites for hydroxylation is 8. The van der Waals surface area contributed by atoms with Gasteiger partial charge < -0.3 is 19.6 Å². The second-order valence-electron chi connectivity index (χ2n) is 17.9. The number of pyridine rings is 2. The first-order chi connectivity index (χ1) is 34.1. The third-order valence-corrected chi connectivity index (χ3v) is 13.3. The average Bonchev–Trinajstić information content (AvgIpc) is 3.87. The Morgan fingerprint density at radius 2 is 0.884 bits per heavy atom. The van der Waals surface area contributed by atoms with Gasteiger partial charge in [0, 0.05) is 73.6 Å². The van der Waals surface area contributed by atoms with Crippen LogP contribution in [0.25, 0.3) is 22.5 Å². The van der Waals surface area contributed by atoms with E-state index in [2.05, 4.69) is 251 Å². The maximum atomic E-state index is 7.74. The van der Waals surface area contributed by atoms with Crippen molar-refractivity contribution in [1.82, 2.24) is 0 Å². The van der Waals surface area contributed by atoms with Gasteiger partial charge in [-0.15, -0.1) is 0 Å². The second kappa shape index (κ2) is 23.0. The summed E-state index contributed by atoms with van der Waals surface area (Å²) in [4.78, 5) is 9.32. The summed E-state index contributed by atoms with van der Waals surface area (Å²) in [5.41, 5.74) is 18.5. The number of fused-ring (bicyclic) bond motifs is 1. The SMILES string of the molecule is CCc1ccc(-c2ccccc2C)[n+](C)c1.Cc1ccccc1N1C=CN(c2ccccc2)[C@@H]1C.Cc1ccccc1N1c2ccccc2N(C)[C@@H]1C.[2H]C([2H])(C)c1ccc(-c2ccccc2C)[n+](C)c1. The highest BCUT2D eigenvalue weighted by Gasteiger charge is 2.31. The lowest BCUT2D eigenvalue weighted by Gasteiger charge is -2.30. The molecule has 0 bridgehead atoms. The molecule has 0 saturated carbocycles. The molecule has 0 unspecified atom stereocenters. The van der Waals surface area contributed by atoms with Crippen LogP contribution in [0.3, 0.4) is 0 Å². The van der Waals surface area contributed by atoms with Crippen molar-refractivity contribution in [2.75, 3.05) is 26.6 Å². The van der Waals surface area contributed by atoms with Gasteiger partial charge in [0.25, 0.3) is 0 Å². The molecule has 8 aromatic rings. The Bertz CT molecular complexity index is 3070. The van der Waals surface area contributed by atoms with E-state index in [-0.39, 0.29) is 0 Å². The van der Waals surface area contributed by atoms with Crippen LogP contribution in [0.5, 0.6) is 0 Å². The Hall–Kier alpha value is -7.44. The molecule has 2 atom stereocenters. The summed E-state index contributed by atoms with van der Waals surface area (Å²) in [5.74, 6) is 0. The minimum Gasteiger partial charge on any atom is -0.353 e. The molecule has 352 valence electrons. The summed E-state index contributed by atoms with van der Waals surface area (Å²) < 4.78 is 19.7. The van der Waals surface area contributed by atoms with Crippen molar-refractivity contribution in [2.45, 2.75) is 80.5 Å². The molecule has 6 aromatic carbocycles. The van der Waals surface area contributed by atoms with Crippen LogP contribution in [0.1, 0.15) is 63.8 Å². The van der Waals surface area contributed by atoms with Gasteiger partial charge in [-0.1, -0.05) is 117 Å². The third kappa shape index (κ3) is 11.5. The smallest absolute Gasteiger partial charge is 0.212 e. The summed E-state index contributed by atoms with van der Waals surface area (Å²) in [6.07, 6.45) is 8.80. The van der Waals surface area contributed by atoms with E-state index in [4.69, 9.17) is 2.74 Å². The molecule has 0 fully saturated rings. The van der Waals surface area contributed by atoms with Crippen molar-refractivity contribution in [3.63, 3.8) is 0 Å². The molecule has 2 aromatic heterocycles. The molecule has 0 amide bonds. The molecule has 10 rings (SSSR count). The molecule has 4 heterocycles. The van der Waals surface area contributed by atoms with E-state index in [1.165, 1.54) is 73.1 Å². The van der Waals surface area contributed by atoms with Crippen LogP contribution in [0.15, 0.2) is 201 Å². The first kappa shape index (κ1) is 46.7. The Labute approximate surface area is 416 Å². The van der Waals surface area contributed by atoms with Gasteiger partial charge in [0.1, 0.15) is 26.4 Å². The Morgan fingerprint density at radius 1 is 0.449 bits per heavy atom. The lowest BCUT2D eigenvalue weighted by molar-refractivity contribution is -0.660. The third-order valence-electron chi connectivity index (χ3n) is 13.3. The number of anilines is 5. The van der Waals surface area contributed by atoms with Crippen molar-refractivity contribution in [3.8, 4) is 22.5 Å². The highest BCUT2D eigenvalue weighted by atomic mass is 15.4. The van der Waals surface area contributed by atoms with Crippen molar-refractivity contribution in [1.29, 1.82) is 0 Å². The molecular formula is C63H72N6+2. The largest absolute Gasteiger partial charge is 0.353 e. The maximum absolute atomic E-state index is 7.74. The fraction of sp³-hybridized carbons (Fsp3) is 0.238. The number of aromatic nitrogens is 2. The first-order valence-electron chi connectivity index (χ1n) is 25.2. The summed E-state index contributed by atoms with van der Waals surface area (Å²) >= 11 is 0. The number of hydrogen-bond donors (Lipinski definition) is 0. The van der Waals surface area contributed by atoms with Crippen LogP contribution >= 0.6 is 0 Å². The second-order valence-corrected chi connectivity index (χ2v) is 17.9. The number of para-hydroxylation sites is 5. The fourth-order valence-electron chi connectivity index (χ4n) is 9.18. The van der Waals surface area contributed by atoms with E-state index in [1.54, 1.807) is 6.92 Å². The van der Waals surface area contributed by atoms with Crippen LogP contribution < -0.4 is 28.7 Å². The van der Waals surface area contributed by atoms with E-state index in [9.17, 15) is 0 Å². The minimum absolute atomic E-state index is 0.295. The lowest BCUT2D eigenvalue weighted by Crippen LogP contribution is -2.36. The first-order valence-corrected chi connectivity index (χ1v) is 24.2. The van der Waals surface area contributed by atoms with E-state index in [1.807, 2.05) is 48.1 Å². The van der Waals surface area contributed by atoms with Crippen LogP contribution in [-0.2, 0) is 26.9 Å². The molecule has 0 N–H and O–H groups in total. The molecule has 69 heavy (non-hydrogen) atoms. The normalized spacial score (nSPS) is 15.2. The van der Waals surface area contributed by atoms with Crippen LogP contribution in [0.2, 0.25) is 0 Å². The monoisotopic (exact) mass is 915 g/mol. The minimum atomic E-state index is -1.30. The summed E-state index contributed by atoms with van der Waals surface area (Å²) in [7, 11) is 6.22. The molecule has 6 heteroatoms. The van der Waals surface area contributed by atoms with E-state index < -0.39 is 6.37 Å². The van der Waals surface area contributed by atoms with Gasteiger partial charge in [-0.3, -0.25) is 0 Å². The van der Waals surface area contributed by atoms with Crippen molar-refractivity contribution in [3.05, 3.63) is 234 Å². The van der Waals surface area contributed by atoms with Gasteiger partial charge in [0.15, 0.2) is 12.4 Å². The number of benzene rings is 6. The van der Waals surface area contributed by atoms with Crippen molar-refractivity contribution >= 4 is 28.4 Å². The predicted octanol–water partition coefficient (Wildman–Crippen LogP) is 14.2. The van der Waals surface area contributed by atoms with E-state index >= 15 is 0 Å². The molecule has 0 saturated heterocycles. The topological polar surface area (TPSA) is 20.7 Å². The zero-order valence-corrected chi connectivity index (χ0v) is 42.6. The standard InChI is InChI=1S/C17H18N2.C16H18N2.2C15H18N/c1-14-8-6-7-11-17(14)19-13-12-18(15(19)2)16-9-4-3-5-10-16;1-12-8-4-5-9-14(12)18-13(2)17(3)15-10-6-7-11-16(15)18;2*1-4-13-9-10-15(16(3)11-13)14-8-6-5-7-12(14)2/h3-13,15H,1-2H3;4-11,13H,1-3H3;2*5-11H,4H2,1-3H3/q;;2*+1/t15-;13-;;/m00../s1/i;;4D2;. The number of hydrogen-bond acceptors (Lipinski definition) is 4. The van der Waals surface area contributed by atoms with Crippen LogP contribution in [0.4, 0.5) is 28.4 Å². The summed E-state index contributed by atoms with van der Waals surface area (Å²) in [5, 5.41) is 0. The summed E-state index contributed by atoms with van der Waals surface area (Å²) in [6, 6.07) is 61.1. The van der Waals surface area contributed by atoms with Gasteiger partial charge in [0.05, 0.1) is 11.4 Å². The van der Waals surface area contributed by atoms with Crippen LogP contribution in [-0.4, -0.2) is 19.4 Å². The number of nitrogens with zero attached hydrogens (tertiary/aromatic N) is 6. The molecule has 2 aliphatic heterocycles. The average molecular weight is 915 g/mol. The molecular weight excluding hydrogens is 841 g/mol. The zero-order valence-electron chi connectivity index (χ0n) is 44.6. The van der Waals surface area contributed by atoms with E-state index in [0.717, 1.165) is 12.1 Å². The predicted molar refractivity (Wildman–Crippen MR) is 293 cm³/mol. The van der Waals surface area contributed by atoms with Crippen molar-refractivity contribution in [2.24, 2.45) is 14.1 Å². The highest BCUT2D eigenvalue weighted by molar-refractivity contribution is 5.84. The fourth-order valence-corrected chi connectivity index (χ4v) is 9.18. The molecule has 0 aliphatic carbocycles. The van der Waals surface area contributed by atoms with Gasteiger partial charge in [-0.25, -0.2) is 9.13 Å². The Morgan fingerprint density at radius 3 is 1.39 bits per heavy atom. The maximum Gasteiger partial charge on any atom is 0.212 e. The Balaban J connectivity index is 0.000000139. The lowest BCUT2D eigenvalue weighted by atomic mass is 10.0.